The normalized spacial score (nSPS) is 24.7. The lowest BCUT2D eigenvalue weighted by molar-refractivity contribution is -0.129. The van der Waals surface area contributed by atoms with Gasteiger partial charge in [0.2, 0.25) is 5.91 Å². The Morgan fingerprint density at radius 3 is 2.73 bits per heavy atom. The Hall–Kier alpha value is -1.88. The number of likely N-dealkylation sites (tertiary alicyclic amines) is 1. The molecule has 1 aromatic rings. The van der Waals surface area contributed by atoms with Crippen LogP contribution in [-0.4, -0.2) is 49.6 Å². The molecule has 140 valence electrons. The summed E-state index contributed by atoms with van der Waals surface area (Å²) in [5.41, 5.74) is 1.66. The number of ether oxygens (including phenoxy) is 1. The minimum atomic E-state index is -0.134. The standard InChI is InChI=1S/C21H28N2O3/c1-15-3-2-4-17(11-15)20(25)23-13-18(19(24)22-12-16-5-6-16)21(14-23)7-9-26-10-8-21/h2-4,11,16,18H,5-10,12-14H2,1H3,(H,22,24). The van der Waals surface area contributed by atoms with Gasteiger partial charge in [-0.05, 0) is 50.7 Å². The maximum absolute atomic E-state index is 13.0. The fourth-order valence-electron chi connectivity index (χ4n) is 4.42. The number of hydrogen-bond acceptors (Lipinski definition) is 3. The first kappa shape index (κ1) is 17.5. The molecule has 5 heteroatoms. The second-order valence-corrected chi connectivity index (χ2v) is 8.27. The number of hydrogen-bond donors (Lipinski definition) is 1. The van der Waals surface area contributed by atoms with Crippen molar-refractivity contribution in [2.45, 2.75) is 32.6 Å². The van der Waals surface area contributed by atoms with E-state index in [1.165, 1.54) is 12.8 Å². The van der Waals surface area contributed by atoms with Crippen LogP contribution in [0.1, 0.15) is 41.6 Å². The maximum Gasteiger partial charge on any atom is 0.253 e. The zero-order valence-corrected chi connectivity index (χ0v) is 15.5. The molecular formula is C21H28N2O3. The number of benzene rings is 1. The quantitative estimate of drug-likeness (QED) is 0.901. The first-order valence-corrected chi connectivity index (χ1v) is 9.79. The van der Waals surface area contributed by atoms with E-state index in [-0.39, 0.29) is 23.1 Å². The highest BCUT2D eigenvalue weighted by molar-refractivity contribution is 5.95. The average molecular weight is 356 g/mol. The van der Waals surface area contributed by atoms with E-state index < -0.39 is 0 Å². The van der Waals surface area contributed by atoms with Gasteiger partial charge in [0.1, 0.15) is 0 Å². The first-order valence-electron chi connectivity index (χ1n) is 9.79. The van der Waals surface area contributed by atoms with Crippen molar-refractivity contribution in [2.75, 3.05) is 32.8 Å². The highest BCUT2D eigenvalue weighted by atomic mass is 16.5. The van der Waals surface area contributed by atoms with E-state index in [0.29, 0.717) is 37.8 Å². The van der Waals surface area contributed by atoms with Crippen LogP contribution in [0.3, 0.4) is 0 Å². The molecule has 2 aliphatic heterocycles. The van der Waals surface area contributed by atoms with Crippen LogP contribution in [-0.2, 0) is 9.53 Å². The van der Waals surface area contributed by atoms with E-state index in [4.69, 9.17) is 4.74 Å². The third-order valence-electron chi connectivity index (χ3n) is 6.27. The Morgan fingerprint density at radius 2 is 2.04 bits per heavy atom. The maximum atomic E-state index is 13.0. The molecule has 2 heterocycles. The van der Waals surface area contributed by atoms with Gasteiger partial charge in [-0.1, -0.05) is 17.7 Å². The summed E-state index contributed by atoms with van der Waals surface area (Å²) in [5.74, 6) is 0.699. The fraction of sp³-hybridized carbons (Fsp3) is 0.619. The lowest BCUT2D eigenvalue weighted by Gasteiger charge is -2.37. The minimum absolute atomic E-state index is 0.0389. The molecule has 1 saturated carbocycles. The van der Waals surface area contributed by atoms with Crippen LogP contribution >= 0.6 is 0 Å². The van der Waals surface area contributed by atoms with Crippen molar-refractivity contribution in [3.05, 3.63) is 35.4 Å². The summed E-state index contributed by atoms with van der Waals surface area (Å²) in [4.78, 5) is 27.8. The predicted octanol–water partition coefficient (Wildman–Crippen LogP) is 2.39. The number of amides is 2. The van der Waals surface area contributed by atoms with E-state index in [9.17, 15) is 9.59 Å². The molecule has 2 amide bonds. The Balaban J connectivity index is 1.52. The second kappa shape index (κ2) is 7.03. The van der Waals surface area contributed by atoms with Crippen molar-refractivity contribution >= 4 is 11.8 Å². The Morgan fingerprint density at radius 1 is 1.27 bits per heavy atom. The van der Waals surface area contributed by atoms with Crippen LogP contribution in [0.4, 0.5) is 0 Å². The molecule has 0 radical (unpaired) electrons. The Kier molecular flexibility index (Phi) is 4.74. The van der Waals surface area contributed by atoms with Gasteiger partial charge in [-0.2, -0.15) is 0 Å². The number of carbonyl (C=O) groups excluding carboxylic acids is 2. The minimum Gasteiger partial charge on any atom is -0.381 e. The van der Waals surface area contributed by atoms with E-state index in [0.717, 1.165) is 24.9 Å². The van der Waals surface area contributed by atoms with Crippen LogP contribution < -0.4 is 5.32 Å². The molecule has 4 rings (SSSR count). The van der Waals surface area contributed by atoms with Gasteiger partial charge in [0.15, 0.2) is 0 Å². The van der Waals surface area contributed by atoms with Crippen LogP contribution in [0.25, 0.3) is 0 Å². The lowest BCUT2D eigenvalue weighted by Crippen LogP contribution is -2.44. The smallest absolute Gasteiger partial charge is 0.253 e. The zero-order chi connectivity index (χ0) is 18.1. The molecule has 1 spiro atoms. The van der Waals surface area contributed by atoms with Gasteiger partial charge in [-0.15, -0.1) is 0 Å². The van der Waals surface area contributed by atoms with Crippen molar-refractivity contribution < 1.29 is 14.3 Å². The fourth-order valence-corrected chi connectivity index (χ4v) is 4.42. The van der Waals surface area contributed by atoms with Crippen molar-refractivity contribution in [2.24, 2.45) is 17.3 Å². The number of aryl methyl sites for hydroxylation is 1. The lowest BCUT2D eigenvalue weighted by atomic mass is 9.71. The van der Waals surface area contributed by atoms with Crippen molar-refractivity contribution in [1.29, 1.82) is 0 Å². The van der Waals surface area contributed by atoms with Crippen molar-refractivity contribution in [1.82, 2.24) is 10.2 Å². The van der Waals surface area contributed by atoms with Gasteiger partial charge in [0.25, 0.3) is 5.91 Å². The molecule has 1 N–H and O–H groups in total. The molecule has 2 saturated heterocycles. The topological polar surface area (TPSA) is 58.6 Å². The molecule has 3 fully saturated rings. The molecular weight excluding hydrogens is 328 g/mol. The summed E-state index contributed by atoms with van der Waals surface area (Å²) in [7, 11) is 0. The summed E-state index contributed by atoms with van der Waals surface area (Å²) < 4.78 is 5.55. The second-order valence-electron chi connectivity index (χ2n) is 8.27. The van der Waals surface area contributed by atoms with E-state index >= 15 is 0 Å². The van der Waals surface area contributed by atoms with Gasteiger partial charge in [-0.3, -0.25) is 9.59 Å². The van der Waals surface area contributed by atoms with E-state index in [2.05, 4.69) is 5.32 Å². The molecule has 1 aliphatic carbocycles. The van der Waals surface area contributed by atoms with Crippen LogP contribution in [0, 0.1) is 24.2 Å². The van der Waals surface area contributed by atoms with Crippen LogP contribution in [0.5, 0.6) is 0 Å². The zero-order valence-electron chi connectivity index (χ0n) is 15.5. The van der Waals surface area contributed by atoms with Gasteiger partial charge >= 0.3 is 0 Å². The summed E-state index contributed by atoms with van der Waals surface area (Å²) in [6.07, 6.45) is 4.15. The largest absolute Gasteiger partial charge is 0.381 e. The van der Waals surface area contributed by atoms with Crippen molar-refractivity contribution in [3.63, 3.8) is 0 Å². The average Bonchev–Trinajstić information content (AvgIpc) is 3.41. The van der Waals surface area contributed by atoms with Gasteiger partial charge in [-0.25, -0.2) is 0 Å². The summed E-state index contributed by atoms with van der Waals surface area (Å²) in [6, 6.07) is 7.71. The molecule has 0 aromatic heterocycles. The van der Waals surface area contributed by atoms with Crippen molar-refractivity contribution in [3.8, 4) is 0 Å². The Labute approximate surface area is 155 Å². The molecule has 1 unspecified atom stereocenters. The van der Waals surface area contributed by atoms with Crippen LogP contribution in [0.15, 0.2) is 24.3 Å². The van der Waals surface area contributed by atoms with Gasteiger partial charge < -0.3 is 15.0 Å². The SMILES string of the molecule is Cc1cccc(C(=O)N2CC(C(=O)NCC3CC3)C3(CCOCC3)C2)c1. The molecule has 5 nitrogen and oxygen atoms in total. The third kappa shape index (κ3) is 3.50. The number of rotatable bonds is 4. The summed E-state index contributed by atoms with van der Waals surface area (Å²) in [6.45, 7) is 5.31. The number of nitrogens with one attached hydrogen (secondary N) is 1. The Bertz CT molecular complexity index is 692. The molecule has 1 atom stereocenters. The summed E-state index contributed by atoms with van der Waals surface area (Å²) >= 11 is 0. The van der Waals surface area contributed by atoms with Gasteiger partial charge in [0.05, 0.1) is 5.92 Å². The predicted molar refractivity (Wildman–Crippen MR) is 98.8 cm³/mol. The first-order chi connectivity index (χ1) is 12.6. The molecule has 0 bridgehead atoms. The van der Waals surface area contributed by atoms with Crippen LogP contribution in [0.2, 0.25) is 0 Å². The number of nitrogens with zero attached hydrogens (tertiary/aromatic N) is 1. The third-order valence-corrected chi connectivity index (χ3v) is 6.27. The van der Waals surface area contributed by atoms with E-state index in [1.807, 2.05) is 36.1 Å². The monoisotopic (exact) mass is 356 g/mol. The molecule has 1 aromatic carbocycles. The van der Waals surface area contributed by atoms with Gasteiger partial charge in [0, 0.05) is 43.8 Å². The molecule has 26 heavy (non-hydrogen) atoms. The highest BCUT2D eigenvalue weighted by Crippen LogP contribution is 2.45. The summed E-state index contributed by atoms with van der Waals surface area (Å²) in [5, 5.41) is 3.15. The molecule has 3 aliphatic rings. The highest BCUT2D eigenvalue weighted by Gasteiger charge is 2.51. The van der Waals surface area contributed by atoms with E-state index in [1.54, 1.807) is 0 Å². The number of carbonyl (C=O) groups is 2.